The number of hydrogen-bond donors (Lipinski definition) is 2. The Hall–Kier alpha value is -1.89. The maximum absolute atomic E-state index is 13.1. The lowest BCUT2D eigenvalue weighted by Gasteiger charge is -2.38. The molecule has 0 aromatic heterocycles. The SMILES string of the molecule is O=S(=O)(Nc1cc(Cl)cc(Cl)c1)c1ccc2c(c1)[C@H]1C=CC[C@H]1[C@@H](c1c(Cl)cccc1Cl)N2. The van der Waals surface area contributed by atoms with Gasteiger partial charge in [0.1, 0.15) is 0 Å². The molecule has 1 aliphatic heterocycles. The Kier molecular flexibility index (Phi) is 6.04. The molecule has 0 amide bonds. The van der Waals surface area contributed by atoms with Gasteiger partial charge in [0.25, 0.3) is 10.0 Å². The van der Waals surface area contributed by atoms with Gasteiger partial charge in [-0.25, -0.2) is 8.42 Å². The number of rotatable bonds is 4. The van der Waals surface area contributed by atoms with E-state index in [1.807, 2.05) is 18.2 Å². The number of anilines is 2. The number of fused-ring (bicyclic) bond motifs is 3. The van der Waals surface area contributed by atoms with Gasteiger partial charge in [0, 0.05) is 37.3 Å². The summed E-state index contributed by atoms with van der Waals surface area (Å²) < 4.78 is 28.8. The van der Waals surface area contributed by atoms with Crippen molar-refractivity contribution in [3.8, 4) is 0 Å². The van der Waals surface area contributed by atoms with Crippen LogP contribution in [0.3, 0.4) is 0 Å². The number of halogens is 4. The van der Waals surface area contributed by atoms with Crippen LogP contribution in [0.5, 0.6) is 0 Å². The molecule has 3 aromatic rings. The first-order valence-electron chi connectivity index (χ1n) is 10.2. The van der Waals surface area contributed by atoms with Crippen molar-refractivity contribution >= 4 is 67.8 Å². The van der Waals surface area contributed by atoms with Gasteiger partial charge < -0.3 is 5.32 Å². The smallest absolute Gasteiger partial charge is 0.261 e. The van der Waals surface area contributed by atoms with Crippen molar-refractivity contribution in [2.75, 3.05) is 10.0 Å². The van der Waals surface area contributed by atoms with E-state index in [2.05, 4.69) is 22.2 Å². The van der Waals surface area contributed by atoms with E-state index in [-0.39, 0.29) is 22.8 Å². The molecule has 3 aromatic carbocycles. The molecule has 9 heteroatoms. The first-order valence-corrected chi connectivity index (χ1v) is 13.2. The highest BCUT2D eigenvalue weighted by atomic mass is 35.5. The average molecular weight is 540 g/mol. The maximum Gasteiger partial charge on any atom is 0.261 e. The summed E-state index contributed by atoms with van der Waals surface area (Å²) in [4.78, 5) is 0.160. The summed E-state index contributed by atoms with van der Waals surface area (Å²) in [6.45, 7) is 0. The van der Waals surface area contributed by atoms with Crippen molar-refractivity contribution in [2.24, 2.45) is 5.92 Å². The van der Waals surface area contributed by atoms with Crippen LogP contribution >= 0.6 is 46.4 Å². The quantitative estimate of drug-likeness (QED) is 0.331. The third-order valence-electron chi connectivity index (χ3n) is 6.07. The second-order valence-corrected chi connectivity index (χ2v) is 11.5. The van der Waals surface area contributed by atoms with Crippen LogP contribution in [-0.4, -0.2) is 8.42 Å². The van der Waals surface area contributed by atoms with Gasteiger partial charge in [-0.3, -0.25) is 4.72 Å². The molecule has 4 nitrogen and oxygen atoms in total. The fraction of sp³-hybridized carbons (Fsp3) is 0.167. The van der Waals surface area contributed by atoms with E-state index in [1.165, 1.54) is 12.1 Å². The molecule has 170 valence electrons. The predicted octanol–water partition coefficient (Wildman–Crippen LogP) is 7.93. The largest absolute Gasteiger partial charge is 0.378 e. The van der Waals surface area contributed by atoms with Crippen LogP contribution in [0.25, 0.3) is 0 Å². The van der Waals surface area contributed by atoms with Crippen LogP contribution in [0.15, 0.2) is 71.6 Å². The number of nitrogens with one attached hydrogen (secondary N) is 2. The summed E-state index contributed by atoms with van der Waals surface area (Å²) in [5.41, 5.74) is 2.94. The summed E-state index contributed by atoms with van der Waals surface area (Å²) in [5.74, 6) is 0.196. The van der Waals surface area contributed by atoms with Crippen molar-refractivity contribution < 1.29 is 8.42 Å². The highest BCUT2D eigenvalue weighted by molar-refractivity contribution is 7.92. The van der Waals surface area contributed by atoms with Crippen LogP contribution < -0.4 is 10.0 Å². The van der Waals surface area contributed by atoms with E-state index in [9.17, 15) is 8.42 Å². The lowest BCUT2D eigenvalue weighted by Crippen LogP contribution is -2.29. The summed E-state index contributed by atoms with van der Waals surface area (Å²) in [7, 11) is -3.85. The topological polar surface area (TPSA) is 58.2 Å². The van der Waals surface area contributed by atoms with Gasteiger partial charge in [0.2, 0.25) is 0 Å². The van der Waals surface area contributed by atoms with Crippen LogP contribution in [0, 0.1) is 5.92 Å². The third kappa shape index (κ3) is 4.33. The van der Waals surface area contributed by atoms with Crippen LogP contribution in [-0.2, 0) is 10.0 Å². The standard InChI is InChI=1S/C24H18Cl4N2O2S/c25-13-9-14(26)11-15(10-13)30-33(31,32)16-7-8-22-19(12-16)17-3-1-4-18(17)24(29-22)23-20(27)5-2-6-21(23)28/h1-3,5-12,17-18,24,29-30H,4H2/t17-,18+,24-/m0/s1. The lowest BCUT2D eigenvalue weighted by atomic mass is 9.77. The Morgan fingerprint density at radius 2 is 1.61 bits per heavy atom. The van der Waals surface area contributed by atoms with E-state index < -0.39 is 10.0 Å². The minimum atomic E-state index is -3.85. The Morgan fingerprint density at radius 3 is 2.30 bits per heavy atom. The van der Waals surface area contributed by atoms with Gasteiger partial charge in [-0.15, -0.1) is 0 Å². The van der Waals surface area contributed by atoms with Gasteiger partial charge in [-0.1, -0.05) is 64.6 Å². The monoisotopic (exact) mass is 538 g/mol. The van der Waals surface area contributed by atoms with Crippen molar-refractivity contribution in [2.45, 2.75) is 23.3 Å². The van der Waals surface area contributed by atoms with Gasteiger partial charge in [0.15, 0.2) is 0 Å². The minimum absolute atomic E-state index is 0.0364. The highest BCUT2D eigenvalue weighted by Crippen LogP contribution is 2.52. The fourth-order valence-corrected chi connectivity index (χ4v) is 6.89. The Balaban J connectivity index is 1.52. The molecule has 3 atom stereocenters. The summed E-state index contributed by atoms with van der Waals surface area (Å²) >= 11 is 25.1. The average Bonchev–Trinajstić information content (AvgIpc) is 3.22. The van der Waals surface area contributed by atoms with E-state index in [0.717, 1.165) is 23.2 Å². The lowest BCUT2D eigenvalue weighted by molar-refractivity contribution is 0.425. The number of allylic oxidation sites excluding steroid dienone is 2. The molecule has 2 N–H and O–H groups in total. The number of hydrogen-bond acceptors (Lipinski definition) is 3. The molecular formula is C24H18Cl4N2O2S. The van der Waals surface area contributed by atoms with Crippen molar-refractivity contribution in [1.82, 2.24) is 0 Å². The molecule has 0 fully saturated rings. The zero-order valence-corrected chi connectivity index (χ0v) is 20.9. The van der Waals surface area contributed by atoms with Gasteiger partial charge >= 0.3 is 0 Å². The predicted molar refractivity (Wildman–Crippen MR) is 137 cm³/mol. The molecule has 0 saturated carbocycles. The first-order chi connectivity index (χ1) is 15.7. The van der Waals surface area contributed by atoms with E-state index in [1.54, 1.807) is 24.3 Å². The van der Waals surface area contributed by atoms with Crippen molar-refractivity contribution in [3.63, 3.8) is 0 Å². The highest BCUT2D eigenvalue weighted by Gasteiger charge is 2.40. The van der Waals surface area contributed by atoms with Gasteiger partial charge in [-0.05, 0) is 66.4 Å². The molecule has 0 saturated heterocycles. The van der Waals surface area contributed by atoms with E-state index in [0.29, 0.717) is 25.8 Å². The summed E-state index contributed by atoms with van der Waals surface area (Å²) in [5, 5.41) is 5.46. The number of benzene rings is 3. The first kappa shape index (κ1) is 22.9. The van der Waals surface area contributed by atoms with Crippen LogP contribution in [0.1, 0.15) is 29.5 Å². The number of sulfonamides is 1. The van der Waals surface area contributed by atoms with Gasteiger partial charge in [-0.2, -0.15) is 0 Å². The second-order valence-electron chi connectivity index (χ2n) is 8.12. The normalized spacial score (nSPS) is 21.3. The zero-order chi connectivity index (χ0) is 23.3. The van der Waals surface area contributed by atoms with Crippen molar-refractivity contribution in [1.29, 1.82) is 0 Å². The Labute approximate surface area is 212 Å². The van der Waals surface area contributed by atoms with E-state index in [4.69, 9.17) is 46.4 Å². The fourth-order valence-electron chi connectivity index (χ4n) is 4.66. The molecule has 5 rings (SSSR count). The molecule has 33 heavy (non-hydrogen) atoms. The minimum Gasteiger partial charge on any atom is -0.378 e. The van der Waals surface area contributed by atoms with Crippen molar-refractivity contribution in [3.05, 3.63) is 98.0 Å². The Morgan fingerprint density at radius 1 is 0.909 bits per heavy atom. The molecule has 0 bridgehead atoms. The summed E-state index contributed by atoms with van der Waals surface area (Å²) in [6, 6.07) is 15.0. The zero-order valence-electron chi connectivity index (χ0n) is 17.0. The summed E-state index contributed by atoms with van der Waals surface area (Å²) in [6.07, 6.45) is 5.08. The van der Waals surface area contributed by atoms with Gasteiger partial charge in [0.05, 0.1) is 16.6 Å². The van der Waals surface area contributed by atoms with Crippen LogP contribution in [0.4, 0.5) is 11.4 Å². The maximum atomic E-state index is 13.1. The van der Waals surface area contributed by atoms with E-state index >= 15 is 0 Å². The Bertz CT molecular complexity index is 1350. The molecule has 1 heterocycles. The molecule has 2 aliphatic rings. The molecule has 0 spiro atoms. The third-order valence-corrected chi connectivity index (χ3v) is 8.54. The molecule has 0 radical (unpaired) electrons. The molecule has 1 aliphatic carbocycles. The second kappa shape index (κ2) is 8.71. The molecule has 0 unspecified atom stereocenters. The molecular weight excluding hydrogens is 522 g/mol. The van der Waals surface area contributed by atoms with Crippen LogP contribution in [0.2, 0.25) is 20.1 Å².